The first-order chi connectivity index (χ1) is 10.2. The molecule has 0 saturated carbocycles. The molecule has 0 radical (unpaired) electrons. The Labute approximate surface area is 126 Å². The van der Waals surface area contributed by atoms with E-state index in [1.807, 2.05) is 29.7 Å². The molecule has 0 amide bonds. The number of nitriles is 1. The van der Waals surface area contributed by atoms with Crippen LogP contribution < -0.4 is 0 Å². The molecule has 0 N–H and O–H groups in total. The van der Waals surface area contributed by atoms with Gasteiger partial charge in [0.25, 0.3) is 0 Å². The van der Waals surface area contributed by atoms with E-state index in [-0.39, 0.29) is 5.38 Å². The highest BCUT2D eigenvalue weighted by atomic mass is 35.5. The minimum absolute atomic E-state index is 0.232. The van der Waals surface area contributed by atoms with Crippen molar-refractivity contribution in [2.75, 3.05) is 0 Å². The van der Waals surface area contributed by atoms with E-state index in [9.17, 15) is 0 Å². The summed E-state index contributed by atoms with van der Waals surface area (Å²) in [6.07, 6.45) is 3.21. The third kappa shape index (κ3) is 2.58. The minimum atomic E-state index is -0.232. The van der Waals surface area contributed by atoms with Crippen LogP contribution in [0.15, 0.2) is 36.8 Å². The maximum absolute atomic E-state index is 9.07. The first kappa shape index (κ1) is 13.5. The van der Waals surface area contributed by atoms with Crippen LogP contribution in [-0.4, -0.2) is 19.5 Å². The van der Waals surface area contributed by atoms with Gasteiger partial charge in [-0.05, 0) is 31.2 Å². The fourth-order valence-corrected chi connectivity index (χ4v) is 2.42. The monoisotopic (exact) mass is 297 g/mol. The number of alkyl halides is 1. The summed E-state index contributed by atoms with van der Waals surface area (Å²) in [6, 6.07) is 9.42. The van der Waals surface area contributed by atoms with E-state index >= 15 is 0 Å². The van der Waals surface area contributed by atoms with Gasteiger partial charge in [-0.15, -0.1) is 11.6 Å². The molecule has 0 bridgehead atoms. The Morgan fingerprint density at radius 1 is 1.38 bits per heavy atom. The van der Waals surface area contributed by atoms with Gasteiger partial charge in [0.15, 0.2) is 0 Å². The first-order valence-corrected chi connectivity index (χ1v) is 6.92. The number of benzene rings is 1. The van der Waals surface area contributed by atoms with Crippen LogP contribution in [0.25, 0.3) is 11.0 Å². The molecule has 1 atom stereocenters. The van der Waals surface area contributed by atoms with Gasteiger partial charge in [-0.2, -0.15) is 5.26 Å². The molecule has 1 aromatic carbocycles. The number of hydrogen-bond donors (Lipinski definition) is 0. The first-order valence-electron chi connectivity index (χ1n) is 6.48. The molecular formula is C15H12ClN5. The van der Waals surface area contributed by atoms with Gasteiger partial charge in [-0.1, -0.05) is 0 Å². The van der Waals surface area contributed by atoms with Crippen molar-refractivity contribution in [3.05, 3.63) is 53.9 Å². The Morgan fingerprint density at radius 2 is 2.24 bits per heavy atom. The lowest BCUT2D eigenvalue weighted by Crippen LogP contribution is -2.07. The molecule has 0 spiro atoms. The van der Waals surface area contributed by atoms with Crippen LogP contribution in [0.5, 0.6) is 0 Å². The molecule has 3 aromatic rings. The highest BCUT2D eigenvalue weighted by Gasteiger charge is 2.16. The van der Waals surface area contributed by atoms with Gasteiger partial charge in [-0.3, -0.25) is 0 Å². The Morgan fingerprint density at radius 3 is 2.90 bits per heavy atom. The minimum Gasteiger partial charge on any atom is -0.321 e. The zero-order chi connectivity index (χ0) is 14.8. The van der Waals surface area contributed by atoms with Gasteiger partial charge < -0.3 is 4.57 Å². The third-order valence-corrected chi connectivity index (χ3v) is 3.42. The molecule has 3 rings (SSSR count). The lowest BCUT2D eigenvalue weighted by molar-refractivity contribution is 0.725. The summed E-state index contributed by atoms with van der Waals surface area (Å²) in [5.41, 5.74) is 3.17. The second kappa shape index (κ2) is 5.51. The molecule has 0 aliphatic rings. The summed E-state index contributed by atoms with van der Waals surface area (Å²) in [5.74, 6) is 0.764. The number of aromatic nitrogens is 4. The number of fused-ring (bicyclic) bond motifs is 1. The average molecular weight is 298 g/mol. The van der Waals surface area contributed by atoms with Gasteiger partial charge in [0.2, 0.25) is 0 Å². The van der Waals surface area contributed by atoms with Gasteiger partial charge in [-0.25, -0.2) is 15.0 Å². The van der Waals surface area contributed by atoms with Crippen LogP contribution in [0, 0.1) is 11.3 Å². The number of imidazole rings is 1. The van der Waals surface area contributed by atoms with Crippen LogP contribution in [0.2, 0.25) is 0 Å². The largest absolute Gasteiger partial charge is 0.321 e. The molecule has 0 saturated heterocycles. The number of rotatable bonds is 3. The van der Waals surface area contributed by atoms with E-state index in [1.165, 1.54) is 6.33 Å². The summed E-state index contributed by atoms with van der Waals surface area (Å²) in [6.45, 7) is 2.42. The van der Waals surface area contributed by atoms with Crippen molar-refractivity contribution in [1.82, 2.24) is 19.5 Å². The van der Waals surface area contributed by atoms with Gasteiger partial charge in [0.05, 0.1) is 40.3 Å². The van der Waals surface area contributed by atoms with Crippen molar-refractivity contribution in [2.24, 2.45) is 0 Å². The van der Waals surface area contributed by atoms with Crippen LogP contribution in [0.1, 0.15) is 29.4 Å². The Kier molecular flexibility index (Phi) is 3.55. The maximum atomic E-state index is 9.07. The summed E-state index contributed by atoms with van der Waals surface area (Å²) in [5, 5.41) is 8.84. The predicted octanol–water partition coefficient (Wildman–Crippen LogP) is 3.05. The maximum Gasteiger partial charge on any atom is 0.128 e. The predicted molar refractivity (Wildman–Crippen MR) is 79.9 cm³/mol. The molecule has 2 aromatic heterocycles. The summed E-state index contributed by atoms with van der Waals surface area (Å²) in [4.78, 5) is 12.7. The van der Waals surface area contributed by atoms with Crippen molar-refractivity contribution in [2.45, 2.75) is 18.8 Å². The molecule has 0 aliphatic carbocycles. The van der Waals surface area contributed by atoms with Crippen molar-refractivity contribution >= 4 is 22.6 Å². The topological polar surface area (TPSA) is 67.4 Å². The molecule has 0 aliphatic heterocycles. The molecule has 6 heteroatoms. The molecule has 104 valence electrons. The molecule has 2 heterocycles. The number of halogens is 1. The van der Waals surface area contributed by atoms with E-state index in [4.69, 9.17) is 16.9 Å². The van der Waals surface area contributed by atoms with E-state index < -0.39 is 0 Å². The van der Waals surface area contributed by atoms with Crippen molar-refractivity contribution in [3.8, 4) is 6.07 Å². The second-order valence-corrected chi connectivity index (χ2v) is 5.34. The van der Waals surface area contributed by atoms with Crippen molar-refractivity contribution < 1.29 is 0 Å². The van der Waals surface area contributed by atoms with Crippen molar-refractivity contribution in [1.29, 1.82) is 5.26 Å². The van der Waals surface area contributed by atoms with Crippen LogP contribution in [0.3, 0.4) is 0 Å². The molecule has 21 heavy (non-hydrogen) atoms. The summed E-state index contributed by atoms with van der Waals surface area (Å²) < 4.78 is 2.00. The highest BCUT2D eigenvalue weighted by Crippen LogP contribution is 2.26. The van der Waals surface area contributed by atoms with Crippen molar-refractivity contribution in [3.63, 3.8) is 0 Å². The average Bonchev–Trinajstić information content (AvgIpc) is 2.86. The second-order valence-electron chi connectivity index (χ2n) is 4.69. The smallest absolute Gasteiger partial charge is 0.128 e. The van der Waals surface area contributed by atoms with Crippen LogP contribution >= 0.6 is 11.6 Å². The quantitative estimate of drug-likeness (QED) is 0.697. The van der Waals surface area contributed by atoms with Crippen LogP contribution in [-0.2, 0) is 6.54 Å². The normalized spacial score (nSPS) is 12.2. The number of hydrogen-bond acceptors (Lipinski definition) is 4. The number of nitrogens with zero attached hydrogens (tertiary/aromatic N) is 5. The summed E-state index contributed by atoms with van der Waals surface area (Å²) >= 11 is 6.24. The van der Waals surface area contributed by atoms with Crippen LogP contribution in [0.4, 0.5) is 0 Å². The highest BCUT2D eigenvalue weighted by molar-refractivity contribution is 6.20. The van der Waals surface area contributed by atoms with E-state index in [0.29, 0.717) is 12.1 Å². The Hall–Kier alpha value is -2.45. The molecule has 1 unspecified atom stereocenters. The molecule has 0 fully saturated rings. The van der Waals surface area contributed by atoms with Gasteiger partial charge in [0, 0.05) is 6.20 Å². The molecular weight excluding hydrogens is 286 g/mol. The third-order valence-electron chi connectivity index (χ3n) is 3.23. The van der Waals surface area contributed by atoms with E-state index in [2.05, 4.69) is 21.0 Å². The SMILES string of the molecule is CC(Cl)c1nc2ccc(C#N)cc2n1Cc1ccncn1. The summed E-state index contributed by atoms with van der Waals surface area (Å²) in [7, 11) is 0. The van der Waals surface area contributed by atoms with E-state index in [0.717, 1.165) is 22.6 Å². The Balaban J connectivity index is 2.17. The zero-order valence-electron chi connectivity index (χ0n) is 11.4. The zero-order valence-corrected chi connectivity index (χ0v) is 12.1. The standard InChI is InChI=1S/C15H12ClN5/c1-10(16)15-20-13-3-2-11(7-17)6-14(13)21(15)8-12-4-5-18-9-19-12/h2-6,9-10H,8H2,1H3. The fourth-order valence-electron chi connectivity index (χ4n) is 2.25. The lowest BCUT2D eigenvalue weighted by atomic mass is 10.2. The van der Waals surface area contributed by atoms with E-state index in [1.54, 1.807) is 12.3 Å². The molecule has 5 nitrogen and oxygen atoms in total. The van der Waals surface area contributed by atoms with Gasteiger partial charge in [0.1, 0.15) is 12.2 Å². The lowest BCUT2D eigenvalue weighted by Gasteiger charge is -2.10. The fraction of sp³-hybridized carbons (Fsp3) is 0.200. The Bertz CT molecular complexity index is 817. The van der Waals surface area contributed by atoms with Gasteiger partial charge >= 0.3 is 0 Å².